The van der Waals surface area contributed by atoms with Gasteiger partial charge < -0.3 is 9.64 Å². The molecule has 2 heterocycles. The number of carbonyl (C=O) groups excluding carboxylic acids is 1. The van der Waals surface area contributed by atoms with Crippen LogP contribution in [0, 0.1) is 0 Å². The molecule has 0 radical (unpaired) electrons. The maximum Gasteiger partial charge on any atom is 0.254 e. The van der Waals surface area contributed by atoms with Crippen molar-refractivity contribution in [3.63, 3.8) is 0 Å². The standard InChI is InChI=1S/C24H31N3O4S/c1-19-16-26(17-20(2)31-19)24(28)22-9-6-10-23(15-22)32(29,30)27-13-11-25(12-14-27)18-21-7-4-3-5-8-21/h3-10,15,19-20H,11-14,16-18H2,1-2H3. The molecule has 2 unspecified atom stereocenters. The minimum Gasteiger partial charge on any atom is -0.372 e. The number of nitrogens with zero attached hydrogens (tertiary/aromatic N) is 3. The molecule has 32 heavy (non-hydrogen) atoms. The first-order valence-corrected chi connectivity index (χ1v) is 12.6. The monoisotopic (exact) mass is 457 g/mol. The fourth-order valence-corrected chi connectivity index (χ4v) is 5.90. The smallest absolute Gasteiger partial charge is 0.254 e. The minimum atomic E-state index is -3.66. The van der Waals surface area contributed by atoms with Crippen molar-refractivity contribution in [2.75, 3.05) is 39.3 Å². The SMILES string of the molecule is CC1CN(C(=O)c2cccc(S(=O)(=O)N3CCN(Cc4ccccc4)CC3)c2)CC(C)O1. The summed E-state index contributed by atoms with van der Waals surface area (Å²) in [5.74, 6) is -0.156. The molecule has 2 aromatic carbocycles. The van der Waals surface area contributed by atoms with Crippen molar-refractivity contribution in [3.8, 4) is 0 Å². The summed E-state index contributed by atoms with van der Waals surface area (Å²) in [6, 6.07) is 16.6. The summed E-state index contributed by atoms with van der Waals surface area (Å²) in [5.41, 5.74) is 1.62. The first-order chi connectivity index (χ1) is 15.3. The topological polar surface area (TPSA) is 70.2 Å². The molecule has 2 aliphatic heterocycles. The predicted molar refractivity (Wildman–Crippen MR) is 123 cm³/mol. The molecule has 0 bridgehead atoms. The second-order valence-electron chi connectivity index (χ2n) is 8.66. The van der Waals surface area contributed by atoms with E-state index in [1.54, 1.807) is 23.1 Å². The van der Waals surface area contributed by atoms with Crippen molar-refractivity contribution in [1.29, 1.82) is 0 Å². The summed E-state index contributed by atoms with van der Waals surface area (Å²) in [5, 5.41) is 0. The molecule has 0 saturated carbocycles. The van der Waals surface area contributed by atoms with E-state index in [2.05, 4.69) is 17.0 Å². The molecule has 2 fully saturated rings. The van der Waals surface area contributed by atoms with Gasteiger partial charge in [-0.15, -0.1) is 0 Å². The average Bonchev–Trinajstić information content (AvgIpc) is 2.79. The van der Waals surface area contributed by atoms with E-state index in [9.17, 15) is 13.2 Å². The lowest BCUT2D eigenvalue weighted by Gasteiger charge is -2.35. The van der Waals surface area contributed by atoms with E-state index in [0.29, 0.717) is 44.8 Å². The third-order valence-corrected chi connectivity index (χ3v) is 7.90. The highest BCUT2D eigenvalue weighted by Gasteiger charge is 2.30. The van der Waals surface area contributed by atoms with E-state index in [-0.39, 0.29) is 23.0 Å². The number of hydrogen-bond donors (Lipinski definition) is 0. The third kappa shape index (κ3) is 5.20. The van der Waals surface area contributed by atoms with Gasteiger partial charge in [0, 0.05) is 51.4 Å². The number of benzene rings is 2. The highest BCUT2D eigenvalue weighted by atomic mass is 32.2. The van der Waals surface area contributed by atoms with Crippen molar-refractivity contribution in [2.24, 2.45) is 0 Å². The fourth-order valence-electron chi connectivity index (χ4n) is 4.43. The molecule has 172 valence electrons. The lowest BCUT2D eigenvalue weighted by atomic mass is 10.1. The zero-order valence-corrected chi connectivity index (χ0v) is 19.5. The Morgan fingerprint density at radius 2 is 1.59 bits per heavy atom. The molecular formula is C24H31N3O4S. The van der Waals surface area contributed by atoms with Crippen LogP contribution in [0.5, 0.6) is 0 Å². The van der Waals surface area contributed by atoms with Crippen LogP contribution in [-0.4, -0.2) is 79.9 Å². The molecule has 2 saturated heterocycles. The van der Waals surface area contributed by atoms with Gasteiger partial charge in [0.25, 0.3) is 5.91 Å². The van der Waals surface area contributed by atoms with Crippen molar-refractivity contribution >= 4 is 15.9 Å². The second kappa shape index (κ2) is 9.70. The molecule has 0 spiro atoms. The van der Waals surface area contributed by atoms with Crippen LogP contribution in [0.2, 0.25) is 0 Å². The summed E-state index contributed by atoms with van der Waals surface area (Å²) < 4.78 is 33.8. The highest BCUT2D eigenvalue weighted by molar-refractivity contribution is 7.89. The van der Waals surface area contributed by atoms with Gasteiger partial charge in [0.1, 0.15) is 0 Å². The third-order valence-electron chi connectivity index (χ3n) is 6.01. The largest absolute Gasteiger partial charge is 0.372 e. The van der Waals surface area contributed by atoms with E-state index >= 15 is 0 Å². The van der Waals surface area contributed by atoms with Crippen LogP contribution in [0.1, 0.15) is 29.8 Å². The Morgan fingerprint density at radius 3 is 2.25 bits per heavy atom. The van der Waals surface area contributed by atoms with Gasteiger partial charge in [0.05, 0.1) is 17.1 Å². The quantitative estimate of drug-likeness (QED) is 0.690. The van der Waals surface area contributed by atoms with Crippen molar-refractivity contribution < 1.29 is 17.9 Å². The van der Waals surface area contributed by atoms with Crippen molar-refractivity contribution in [3.05, 3.63) is 65.7 Å². The predicted octanol–water partition coefficient (Wildman–Crippen LogP) is 2.44. The summed E-state index contributed by atoms with van der Waals surface area (Å²) in [4.78, 5) is 17.2. The lowest BCUT2D eigenvalue weighted by Crippen LogP contribution is -2.48. The number of amides is 1. The lowest BCUT2D eigenvalue weighted by molar-refractivity contribution is -0.0586. The van der Waals surface area contributed by atoms with Crippen molar-refractivity contribution in [2.45, 2.75) is 37.5 Å². The van der Waals surface area contributed by atoms with Crippen LogP contribution < -0.4 is 0 Å². The summed E-state index contributed by atoms with van der Waals surface area (Å²) in [6.45, 7) is 7.93. The Labute approximate surface area is 190 Å². The van der Waals surface area contributed by atoms with Gasteiger partial charge in [-0.05, 0) is 37.6 Å². The Morgan fingerprint density at radius 1 is 0.938 bits per heavy atom. The fraction of sp³-hybridized carbons (Fsp3) is 0.458. The Hall–Kier alpha value is -2.26. The van der Waals surface area contributed by atoms with Crippen LogP contribution in [-0.2, 0) is 21.3 Å². The number of sulfonamides is 1. The molecule has 0 aromatic heterocycles. The van der Waals surface area contributed by atoms with Crippen LogP contribution in [0.25, 0.3) is 0 Å². The maximum atomic E-state index is 13.3. The van der Waals surface area contributed by atoms with Gasteiger partial charge in [-0.3, -0.25) is 9.69 Å². The molecule has 4 rings (SSSR count). The number of piperazine rings is 1. The number of morpholine rings is 1. The molecule has 0 aliphatic carbocycles. The second-order valence-corrected chi connectivity index (χ2v) is 10.6. The van der Waals surface area contributed by atoms with Gasteiger partial charge in [-0.1, -0.05) is 36.4 Å². The maximum absolute atomic E-state index is 13.3. The first kappa shape index (κ1) is 22.9. The van der Waals surface area contributed by atoms with E-state index in [0.717, 1.165) is 6.54 Å². The summed E-state index contributed by atoms with van der Waals surface area (Å²) in [7, 11) is -3.66. The first-order valence-electron chi connectivity index (χ1n) is 11.1. The van der Waals surface area contributed by atoms with E-state index in [1.165, 1.54) is 15.9 Å². The number of rotatable bonds is 5. The van der Waals surface area contributed by atoms with Crippen LogP contribution in [0.3, 0.4) is 0 Å². The zero-order valence-electron chi connectivity index (χ0n) is 18.7. The van der Waals surface area contributed by atoms with Gasteiger partial charge in [-0.2, -0.15) is 4.31 Å². The van der Waals surface area contributed by atoms with Crippen LogP contribution >= 0.6 is 0 Å². The average molecular weight is 458 g/mol. The molecule has 2 aromatic rings. The number of ether oxygens (including phenoxy) is 1. The normalized spacial score (nSPS) is 23.2. The molecule has 2 atom stereocenters. The summed E-state index contributed by atoms with van der Waals surface area (Å²) >= 11 is 0. The van der Waals surface area contributed by atoms with Crippen LogP contribution in [0.15, 0.2) is 59.5 Å². The number of carbonyl (C=O) groups is 1. The molecule has 0 N–H and O–H groups in total. The van der Waals surface area contributed by atoms with E-state index in [1.807, 2.05) is 32.0 Å². The van der Waals surface area contributed by atoms with E-state index < -0.39 is 10.0 Å². The molecular weight excluding hydrogens is 426 g/mol. The van der Waals surface area contributed by atoms with Crippen molar-refractivity contribution in [1.82, 2.24) is 14.1 Å². The zero-order chi connectivity index (χ0) is 22.7. The number of hydrogen-bond acceptors (Lipinski definition) is 5. The van der Waals surface area contributed by atoms with Crippen LogP contribution in [0.4, 0.5) is 0 Å². The Balaban J connectivity index is 1.42. The van der Waals surface area contributed by atoms with Gasteiger partial charge in [-0.25, -0.2) is 8.42 Å². The molecule has 7 nitrogen and oxygen atoms in total. The van der Waals surface area contributed by atoms with Gasteiger partial charge >= 0.3 is 0 Å². The van der Waals surface area contributed by atoms with Gasteiger partial charge in [0.2, 0.25) is 10.0 Å². The Bertz CT molecular complexity index is 1030. The molecule has 8 heteroatoms. The minimum absolute atomic E-state index is 0.0400. The molecule has 1 amide bonds. The highest BCUT2D eigenvalue weighted by Crippen LogP contribution is 2.21. The summed E-state index contributed by atoms with van der Waals surface area (Å²) in [6.07, 6.45) is -0.0800. The molecule has 2 aliphatic rings. The Kier molecular flexibility index (Phi) is 6.95. The van der Waals surface area contributed by atoms with Gasteiger partial charge in [0.15, 0.2) is 0 Å². The van der Waals surface area contributed by atoms with E-state index in [4.69, 9.17) is 4.74 Å².